The Morgan fingerprint density at radius 2 is 1.71 bits per heavy atom. The topological polar surface area (TPSA) is 12.5 Å². The van der Waals surface area contributed by atoms with E-state index in [-0.39, 0.29) is 26.3 Å². The van der Waals surface area contributed by atoms with E-state index in [0.717, 1.165) is 6.92 Å². The van der Waals surface area contributed by atoms with Crippen LogP contribution in [0.3, 0.4) is 0 Å². The lowest BCUT2D eigenvalue weighted by atomic mass is 10.0. The summed E-state index contributed by atoms with van der Waals surface area (Å²) in [6.45, 7) is 3.05. The van der Waals surface area contributed by atoms with E-state index >= 15 is 0 Å². The third-order valence-electron chi connectivity index (χ3n) is 2.62. The first-order chi connectivity index (χ1) is 7.70. The Morgan fingerprint density at radius 1 is 1.24 bits per heavy atom. The molecular weight excluding hydrogens is 245 g/mol. The average Bonchev–Trinajstić information content (AvgIpc) is 2.29. The maximum atomic E-state index is 13.5. The van der Waals surface area contributed by atoms with Crippen molar-refractivity contribution in [1.29, 1.82) is 0 Å². The molecule has 0 aliphatic carbocycles. The molecule has 1 heterocycles. The Bertz CT molecular complexity index is 288. The smallest absolute Gasteiger partial charge is 0.342 e. The quantitative estimate of drug-likeness (QED) is 0.437. The van der Waals surface area contributed by atoms with Gasteiger partial charge in [0.25, 0.3) is 0 Å². The summed E-state index contributed by atoms with van der Waals surface area (Å²) in [6.07, 6.45) is -3.61. The molecule has 1 unspecified atom stereocenters. The Kier molecular flexibility index (Phi) is 4.14. The van der Waals surface area contributed by atoms with Crippen LogP contribution in [0.25, 0.3) is 0 Å². The highest BCUT2D eigenvalue weighted by Crippen LogP contribution is 2.40. The van der Waals surface area contributed by atoms with Gasteiger partial charge in [0.05, 0.1) is 13.2 Å². The predicted octanol–water partition coefficient (Wildman–Crippen LogP) is 2.46. The predicted molar refractivity (Wildman–Crippen MR) is 52.0 cm³/mol. The number of ether oxygens (including phenoxy) is 1. The molecule has 17 heavy (non-hydrogen) atoms. The van der Waals surface area contributed by atoms with Gasteiger partial charge in [-0.15, -0.1) is 0 Å². The zero-order chi connectivity index (χ0) is 13.3. The van der Waals surface area contributed by atoms with Crippen LogP contribution in [-0.4, -0.2) is 49.3 Å². The van der Waals surface area contributed by atoms with Crippen LogP contribution in [-0.2, 0) is 4.74 Å². The third-order valence-corrected chi connectivity index (χ3v) is 2.62. The molecular formula is C10H14F5NO. The van der Waals surface area contributed by atoms with Gasteiger partial charge in [-0.05, 0) is 12.5 Å². The molecule has 1 fully saturated rings. The molecule has 100 valence electrons. The molecule has 0 N–H and O–H groups in total. The van der Waals surface area contributed by atoms with Gasteiger partial charge >= 0.3 is 12.0 Å². The van der Waals surface area contributed by atoms with E-state index < -0.39 is 23.7 Å². The largest absolute Gasteiger partial charge is 0.379 e. The zero-order valence-corrected chi connectivity index (χ0v) is 9.36. The van der Waals surface area contributed by atoms with Gasteiger partial charge in [-0.25, -0.2) is 9.29 Å². The summed E-state index contributed by atoms with van der Waals surface area (Å²) in [5.74, 6) is -4.25. The summed E-state index contributed by atoms with van der Waals surface area (Å²) < 4.78 is 71.6. The number of nitrogens with zero attached hydrogens (tertiary/aromatic N) is 1. The Hall–Kier alpha value is -0.690. The van der Waals surface area contributed by atoms with Crippen LogP contribution >= 0.6 is 0 Å². The number of hydrogen-bond acceptors (Lipinski definition) is 2. The van der Waals surface area contributed by atoms with Crippen LogP contribution in [0.2, 0.25) is 0 Å². The second kappa shape index (κ2) is 4.89. The van der Waals surface area contributed by atoms with Crippen molar-refractivity contribution in [3.8, 4) is 0 Å². The van der Waals surface area contributed by atoms with Crippen LogP contribution < -0.4 is 0 Å². The summed E-state index contributed by atoms with van der Waals surface area (Å²) in [5.41, 5.74) is -0.919. The minimum absolute atomic E-state index is 0.0268. The van der Waals surface area contributed by atoms with E-state index in [0.29, 0.717) is 4.90 Å². The molecule has 0 amide bonds. The average molecular weight is 259 g/mol. The lowest BCUT2D eigenvalue weighted by Crippen LogP contribution is -2.58. The molecule has 7 heteroatoms. The van der Waals surface area contributed by atoms with Gasteiger partial charge < -0.3 is 4.74 Å². The van der Waals surface area contributed by atoms with Gasteiger partial charge in [0.1, 0.15) is 0 Å². The molecule has 0 aromatic rings. The first-order valence-corrected chi connectivity index (χ1v) is 5.09. The van der Waals surface area contributed by atoms with Crippen molar-refractivity contribution >= 4 is 0 Å². The number of allylic oxidation sites excluding steroid dienone is 1. The SMILES string of the molecule is C=C(C)C(F)(F)C(F)C(F)(F)N1CCOCC1. The number of hydrogen-bond donors (Lipinski definition) is 0. The lowest BCUT2D eigenvalue weighted by Gasteiger charge is -2.37. The Labute approximate surface area is 96.0 Å². The Morgan fingerprint density at radius 3 is 2.12 bits per heavy atom. The normalized spacial score (nSPS) is 21.3. The van der Waals surface area contributed by atoms with Crippen molar-refractivity contribution in [2.45, 2.75) is 25.1 Å². The number of morpholine rings is 1. The van der Waals surface area contributed by atoms with Crippen molar-refractivity contribution in [3.63, 3.8) is 0 Å². The highest BCUT2D eigenvalue weighted by Gasteiger charge is 2.59. The molecule has 0 aromatic heterocycles. The van der Waals surface area contributed by atoms with Gasteiger partial charge in [-0.3, -0.25) is 0 Å². The van der Waals surface area contributed by atoms with Crippen molar-refractivity contribution in [1.82, 2.24) is 4.90 Å². The Balaban J connectivity index is 2.84. The molecule has 2 nitrogen and oxygen atoms in total. The fourth-order valence-electron chi connectivity index (χ4n) is 1.46. The molecule has 1 saturated heterocycles. The molecule has 1 aliphatic heterocycles. The highest BCUT2D eigenvalue weighted by molar-refractivity contribution is 5.10. The van der Waals surface area contributed by atoms with Crippen LogP contribution in [0.4, 0.5) is 22.0 Å². The molecule has 1 rings (SSSR count). The molecule has 0 bridgehead atoms. The maximum absolute atomic E-state index is 13.5. The standard InChI is InChI=1S/C10H14F5NO/c1-7(2)9(12,13)8(11)10(14,15)16-3-5-17-6-4-16/h8H,1,3-6H2,2H3. The van der Waals surface area contributed by atoms with E-state index in [1.807, 2.05) is 0 Å². The minimum atomic E-state index is -4.25. The molecule has 0 saturated carbocycles. The van der Waals surface area contributed by atoms with Crippen molar-refractivity contribution < 1.29 is 26.7 Å². The minimum Gasteiger partial charge on any atom is -0.379 e. The summed E-state index contributed by atoms with van der Waals surface area (Å²) in [4.78, 5) is 0.373. The van der Waals surface area contributed by atoms with E-state index in [9.17, 15) is 22.0 Å². The van der Waals surface area contributed by atoms with Crippen LogP contribution in [0.15, 0.2) is 12.2 Å². The first kappa shape index (κ1) is 14.4. The van der Waals surface area contributed by atoms with Crippen LogP contribution in [0.1, 0.15) is 6.92 Å². The fraction of sp³-hybridized carbons (Fsp3) is 0.800. The van der Waals surface area contributed by atoms with Crippen molar-refractivity contribution in [3.05, 3.63) is 12.2 Å². The van der Waals surface area contributed by atoms with Gasteiger partial charge in [0, 0.05) is 13.1 Å². The van der Waals surface area contributed by atoms with Crippen LogP contribution in [0, 0.1) is 0 Å². The summed E-state index contributed by atoms with van der Waals surface area (Å²) >= 11 is 0. The van der Waals surface area contributed by atoms with Crippen LogP contribution in [0.5, 0.6) is 0 Å². The maximum Gasteiger partial charge on any atom is 0.342 e. The molecule has 1 atom stereocenters. The molecule has 0 spiro atoms. The number of alkyl halides is 5. The monoisotopic (exact) mass is 259 g/mol. The number of rotatable bonds is 4. The van der Waals surface area contributed by atoms with Crippen molar-refractivity contribution in [2.24, 2.45) is 0 Å². The first-order valence-electron chi connectivity index (χ1n) is 5.09. The van der Waals surface area contributed by atoms with Gasteiger partial charge in [0.15, 0.2) is 0 Å². The second-order valence-electron chi connectivity index (χ2n) is 3.95. The third kappa shape index (κ3) is 2.77. The number of halogens is 5. The van der Waals surface area contributed by atoms with Gasteiger partial charge in [-0.1, -0.05) is 6.58 Å². The zero-order valence-electron chi connectivity index (χ0n) is 9.36. The van der Waals surface area contributed by atoms with E-state index in [4.69, 9.17) is 4.74 Å². The van der Waals surface area contributed by atoms with E-state index in [1.54, 1.807) is 0 Å². The fourth-order valence-corrected chi connectivity index (χ4v) is 1.46. The molecule has 0 radical (unpaired) electrons. The summed E-state index contributed by atoms with van der Waals surface area (Å²) in [7, 11) is 0. The summed E-state index contributed by atoms with van der Waals surface area (Å²) in [5, 5.41) is 0. The molecule has 1 aliphatic rings. The lowest BCUT2D eigenvalue weighted by molar-refractivity contribution is -0.251. The van der Waals surface area contributed by atoms with Gasteiger partial charge in [-0.2, -0.15) is 17.6 Å². The molecule has 0 aromatic carbocycles. The second-order valence-corrected chi connectivity index (χ2v) is 3.95. The van der Waals surface area contributed by atoms with Gasteiger partial charge in [0.2, 0.25) is 6.17 Å². The van der Waals surface area contributed by atoms with E-state index in [1.165, 1.54) is 0 Å². The highest BCUT2D eigenvalue weighted by atomic mass is 19.3. The van der Waals surface area contributed by atoms with Crippen molar-refractivity contribution in [2.75, 3.05) is 26.3 Å². The summed E-state index contributed by atoms with van der Waals surface area (Å²) in [6, 6.07) is -4.23. The van der Waals surface area contributed by atoms with E-state index in [2.05, 4.69) is 6.58 Å².